The first-order valence-electron chi connectivity index (χ1n) is 5.98. The highest BCUT2D eigenvalue weighted by Crippen LogP contribution is 2.14. The van der Waals surface area contributed by atoms with Gasteiger partial charge in [0.25, 0.3) is 0 Å². The minimum atomic E-state index is -0.188. The molecule has 0 unspecified atom stereocenters. The van der Waals surface area contributed by atoms with Gasteiger partial charge >= 0.3 is 0 Å². The largest absolute Gasteiger partial charge is 0.303 e. The Labute approximate surface area is 93.4 Å². The Kier molecular flexibility index (Phi) is 4.74. The van der Waals surface area contributed by atoms with E-state index in [4.69, 9.17) is 0 Å². The summed E-state index contributed by atoms with van der Waals surface area (Å²) in [6, 6.07) is 0. The standard InChI is InChI=1S/C12H24N2O/c1-4-5-13-6-8-14(9-7-13)10-12(2,3)11-15/h11H,4-10H2,1-3H3. The molecule has 1 aliphatic rings. The number of nitrogens with zero attached hydrogens (tertiary/aromatic N) is 2. The summed E-state index contributed by atoms with van der Waals surface area (Å²) >= 11 is 0. The maximum Gasteiger partial charge on any atom is 0.126 e. The van der Waals surface area contributed by atoms with E-state index >= 15 is 0 Å². The van der Waals surface area contributed by atoms with E-state index in [1.165, 1.54) is 13.0 Å². The molecule has 0 bridgehead atoms. The molecule has 1 saturated heterocycles. The second kappa shape index (κ2) is 5.61. The van der Waals surface area contributed by atoms with E-state index in [0.717, 1.165) is 39.0 Å². The van der Waals surface area contributed by atoms with Crippen LogP contribution in [0.25, 0.3) is 0 Å². The molecule has 0 aliphatic carbocycles. The lowest BCUT2D eigenvalue weighted by molar-refractivity contribution is -0.115. The fourth-order valence-electron chi connectivity index (χ4n) is 2.10. The van der Waals surface area contributed by atoms with Crippen molar-refractivity contribution < 1.29 is 4.79 Å². The molecule has 1 aliphatic heterocycles. The molecule has 0 aromatic carbocycles. The van der Waals surface area contributed by atoms with Gasteiger partial charge in [-0.2, -0.15) is 0 Å². The third-order valence-corrected chi connectivity index (χ3v) is 2.95. The highest BCUT2D eigenvalue weighted by Gasteiger charge is 2.23. The van der Waals surface area contributed by atoms with E-state index in [1.807, 2.05) is 13.8 Å². The molecular formula is C12H24N2O. The molecule has 0 spiro atoms. The van der Waals surface area contributed by atoms with Gasteiger partial charge in [0.1, 0.15) is 6.29 Å². The summed E-state index contributed by atoms with van der Waals surface area (Å²) < 4.78 is 0. The second-order valence-corrected chi connectivity index (χ2v) is 5.22. The van der Waals surface area contributed by atoms with Crippen molar-refractivity contribution >= 4 is 6.29 Å². The van der Waals surface area contributed by atoms with Crippen LogP contribution in [0.3, 0.4) is 0 Å². The van der Waals surface area contributed by atoms with Crippen LogP contribution in [0.1, 0.15) is 27.2 Å². The van der Waals surface area contributed by atoms with E-state index in [1.54, 1.807) is 0 Å². The van der Waals surface area contributed by atoms with Gasteiger partial charge in [-0.05, 0) is 13.0 Å². The fraction of sp³-hybridized carbons (Fsp3) is 0.917. The van der Waals surface area contributed by atoms with Crippen molar-refractivity contribution in [2.75, 3.05) is 39.3 Å². The lowest BCUT2D eigenvalue weighted by Gasteiger charge is -2.37. The van der Waals surface area contributed by atoms with Gasteiger partial charge in [-0.25, -0.2) is 0 Å². The molecule has 15 heavy (non-hydrogen) atoms. The van der Waals surface area contributed by atoms with Crippen LogP contribution in [-0.4, -0.2) is 55.4 Å². The SMILES string of the molecule is CCCN1CCN(CC(C)(C)C=O)CC1. The number of rotatable bonds is 5. The molecule has 1 fully saturated rings. The lowest BCUT2D eigenvalue weighted by Crippen LogP contribution is -2.49. The number of aldehydes is 1. The third kappa shape index (κ3) is 4.31. The van der Waals surface area contributed by atoms with Crippen molar-refractivity contribution in [1.29, 1.82) is 0 Å². The molecule has 0 atom stereocenters. The number of carbonyl (C=O) groups excluding carboxylic acids is 1. The van der Waals surface area contributed by atoms with Crippen LogP contribution in [0.5, 0.6) is 0 Å². The van der Waals surface area contributed by atoms with E-state index in [9.17, 15) is 4.79 Å². The molecule has 3 nitrogen and oxygen atoms in total. The molecule has 0 N–H and O–H groups in total. The first-order chi connectivity index (χ1) is 7.07. The van der Waals surface area contributed by atoms with Crippen molar-refractivity contribution in [1.82, 2.24) is 9.80 Å². The van der Waals surface area contributed by atoms with Crippen LogP contribution in [0.4, 0.5) is 0 Å². The summed E-state index contributed by atoms with van der Waals surface area (Å²) in [6.45, 7) is 12.9. The monoisotopic (exact) mass is 212 g/mol. The normalized spacial score (nSPS) is 20.5. The average Bonchev–Trinajstić information content (AvgIpc) is 2.21. The fourth-order valence-corrected chi connectivity index (χ4v) is 2.10. The molecule has 88 valence electrons. The minimum absolute atomic E-state index is 0.188. The molecular weight excluding hydrogens is 188 g/mol. The Hall–Kier alpha value is -0.410. The van der Waals surface area contributed by atoms with Gasteiger partial charge in [0.2, 0.25) is 0 Å². The first-order valence-corrected chi connectivity index (χ1v) is 5.98. The summed E-state index contributed by atoms with van der Waals surface area (Å²) in [7, 11) is 0. The zero-order valence-electron chi connectivity index (χ0n) is 10.3. The highest BCUT2D eigenvalue weighted by molar-refractivity contribution is 5.58. The van der Waals surface area contributed by atoms with Crippen molar-refractivity contribution in [2.24, 2.45) is 5.41 Å². The molecule has 0 amide bonds. The smallest absolute Gasteiger partial charge is 0.126 e. The minimum Gasteiger partial charge on any atom is -0.303 e. The van der Waals surface area contributed by atoms with Crippen molar-refractivity contribution in [3.05, 3.63) is 0 Å². The zero-order valence-corrected chi connectivity index (χ0v) is 10.3. The van der Waals surface area contributed by atoms with Crippen LogP contribution >= 0.6 is 0 Å². The molecule has 0 aromatic rings. The van der Waals surface area contributed by atoms with Crippen molar-refractivity contribution in [2.45, 2.75) is 27.2 Å². The van der Waals surface area contributed by atoms with Crippen molar-refractivity contribution in [3.63, 3.8) is 0 Å². The maximum absolute atomic E-state index is 10.8. The van der Waals surface area contributed by atoms with E-state index < -0.39 is 0 Å². The van der Waals surface area contributed by atoms with Crippen LogP contribution in [-0.2, 0) is 4.79 Å². The quantitative estimate of drug-likeness (QED) is 0.641. The van der Waals surface area contributed by atoms with Gasteiger partial charge in [-0.15, -0.1) is 0 Å². The zero-order chi connectivity index (χ0) is 11.3. The molecule has 3 heteroatoms. The first kappa shape index (κ1) is 12.7. The molecule has 0 radical (unpaired) electrons. The molecule has 1 heterocycles. The summed E-state index contributed by atoms with van der Waals surface area (Å²) in [6.07, 6.45) is 2.31. The summed E-state index contributed by atoms with van der Waals surface area (Å²) in [4.78, 5) is 15.7. The molecule has 0 aromatic heterocycles. The Morgan fingerprint density at radius 3 is 2.13 bits per heavy atom. The number of hydrogen-bond acceptors (Lipinski definition) is 3. The Bertz CT molecular complexity index is 196. The van der Waals surface area contributed by atoms with Gasteiger partial charge in [-0.1, -0.05) is 20.8 Å². The van der Waals surface area contributed by atoms with Crippen LogP contribution in [0.15, 0.2) is 0 Å². The maximum atomic E-state index is 10.8. The lowest BCUT2D eigenvalue weighted by atomic mass is 9.95. The topological polar surface area (TPSA) is 23.6 Å². The Morgan fingerprint density at radius 1 is 1.13 bits per heavy atom. The number of carbonyl (C=O) groups is 1. The van der Waals surface area contributed by atoms with Gasteiger partial charge in [0.05, 0.1) is 0 Å². The predicted octanol–water partition coefficient (Wildman–Crippen LogP) is 1.24. The van der Waals surface area contributed by atoms with Crippen LogP contribution in [0, 0.1) is 5.41 Å². The van der Waals surface area contributed by atoms with E-state index in [2.05, 4.69) is 16.7 Å². The molecule has 1 rings (SSSR count). The average molecular weight is 212 g/mol. The number of hydrogen-bond donors (Lipinski definition) is 0. The van der Waals surface area contributed by atoms with E-state index in [-0.39, 0.29) is 5.41 Å². The summed E-state index contributed by atoms with van der Waals surface area (Å²) in [5.41, 5.74) is -0.188. The third-order valence-electron chi connectivity index (χ3n) is 2.95. The highest BCUT2D eigenvalue weighted by atomic mass is 16.1. The van der Waals surface area contributed by atoms with Crippen LogP contribution < -0.4 is 0 Å². The Balaban J connectivity index is 2.28. The molecule has 0 saturated carbocycles. The van der Waals surface area contributed by atoms with E-state index in [0.29, 0.717) is 0 Å². The van der Waals surface area contributed by atoms with Crippen LogP contribution in [0.2, 0.25) is 0 Å². The van der Waals surface area contributed by atoms with Gasteiger partial charge in [0, 0.05) is 38.1 Å². The van der Waals surface area contributed by atoms with Crippen molar-refractivity contribution in [3.8, 4) is 0 Å². The number of piperazine rings is 1. The summed E-state index contributed by atoms with van der Waals surface area (Å²) in [5, 5.41) is 0. The summed E-state index contributed by atoms with van der Waals surface area (Å²) in [5.74, 6) is 0. The Morgan fingerprint density at radius 2 is 1.67 bits per heavy atom. The van der Waals surface area contributed by atoms with Gasteiger partial charge in [0.15, 0.2) is 0 Å². The second-order valence-electron chi connectivity index (χ2n) is 5.22. The predicted molar refractivity (Wildman–Crippen MR) is 63.0 cm³/mol. The van der Waals surface area contributed by atoms with Gasteiger partial charge in [-0.3, -0.25) is 4.90 Å². The van der Waals surface area contributed by atoms with Gasteiger partial charge < -0.3 is 9.69 Å².